The number of benzene rings is 2. The minimum Gasteiger partial charge on any atom is -0.497 e. The Labute approximate surface area is 157 Å². The van der Waals surface area contributed by atoms with Crippen molar-refractivity contribution in [2.24, 2.45) is 0 Å². The molecule has 6 heteroatoms. The third kappa shape index (κ3) is 4.28. The molecule has 27 heavy (non-hydrogen) atoms. The minimum absolute atomic E-state index is 0.278. The fourth-order valence-corrected chi connectivity index (χ4v) is 2.77. The number of hydrogen-bond donors (Lipinski definition) is 0. The predicted molar refractivity (Wildman–Crippen MR) is 101 cm³/mol. The molecule has 0 bridgehead atoms. The Bertz CT molecular complexity index is 976. The molecule has 0 atom stereocenters. The largest absolute Gasteiger partial charge is 0.497 e. The average molecular weight is 367 g/mol. The highest BCUT2D eigenvalue weighted by Crippen LogP contribution is 2.22. The molecule has 0 N–H and O–H groups in total. The zero-order chi connectivity index (χ0) is 19.4. The van der Waals surface area contributed by atoms with Gasteiger partial charge in [0, 0.05) is 13.6 Å². The summed E-state index contributed by atoms with van der Waals surface area (Å²) in [5.74, 6) is 0.424. The molecule has 0 fully saturated rings. The fourth-order valence-electron chi connectivity index (χ4n) is 2.77. The van der Waals surface area contributed by atoms with Gasteiger partial charge in [0.2, 0.25) is 0 Å². The lowest BCUT2D eigenvalue weighted by Crippen LogP contribution is -2.30. The van der Waals surface area contributed by atoms with Crippen molar-refractivity contribution in [1.29, 1.82) is 0 Å². The van der Waals surface area contributed by atoms with Gasteiger partial charge >= 0.3 is 5.97 Å². The Morgan fingerprint density at radius 3 is 2.52 bits per heavy atom. The molecular weight excluding hydrogens is 346 g/mol. The number of carbonyl (C=O) groups excluding carboxylic acids is 2. The third-order valence-electron chi connectivity index (χ3n) is 4.36. The standard InChI is InChI=1S/C21H21NO5/c1-14-19(8-9-26-14)21(24)27-13-20(23)22(2)12-15-4-5-17-11-18(25-3)7-6-16(17)10-15/h4-11H,12-13H2,1-3H3. The second-order valence-electron chi connectivity index (χ2n) is 6.26. The molecule has 2 aromatic carbocycles. The lowest BCUT2D eigenvalue weighted by Gasteiger charge is -2.17. The highest BCUT2D eigenvalue weighted by atomic mass is 16.5. The number of esters is 1. The number of hydrogen-bond acceptors (Lipinski definition) is 5. The van der Waals surface area contributed by atoms with Crippen LogP contribution in [0.3, 0.4) is 0 Å². The summed E-state index contributed by atoms with van der Waals surface area (Å²) in [6.07, 6.45) is 1.41. The molecular formula is C21H21NO5. The zero-order valence-corrected chi connectivity index (χ0v) is 15.5. The Kier molecular flexibility index (Phi) is 5.45. The van der Waals surface area contributed by atoms with Gasteiger partial charge in [0.15, 0.2) is 6.61 Å². The van der Waals surface area contributed by atoms with Crippen LogP contribution in [-0.4, -0.2) is 37.5 Å². The van der Waals surface area contributed by atoms with Gasteiger partial charge in [0.05, 0.1) is 13.4 Å². The molecule has 0 spiro atoms. The smallest absolute Gasteiger partial charge is 0.342 e. The third-order valence-corrected chi connectivity index (χ3v) is 4.36. The van der Waals surface area contributed by atoms with Crippen LogP contribution in [0.1, 0.15) is 21.7 Å². The SMILES string of the molecule is COc1ccc2cc(CN(C)C(=O)COC(=O)c3ccoc3C)ccc2c1. The number of furan rings is 1. The van der Waals surface area contributed by atoms with Gasteiger partial charge in [-0.25, -0.2) is 4.79 Å². The lowest BCUT2D eigenvalue weighted by atomic mass is 10.1. The normalized spacial score (nSPS) is 10.6. The molecule has 140 valence electrons. The van der Waals surface area contributed by atoms with Crippen LogP contribution in [0.15, 0.2) is 53.1 Å². The molecule has 0 unspecified atom stereocenters. The Morgan fingerprint density at radius 1 is 1.07 bits per heavy atom. The summed E-state index contributed by atoms with van der Waals surface area (Å²) >= 11 is 0. The van der Waals surface area contributed by atoms with Crippen molar-refractivity contribution in [1.82, 2.24) is 4.90 Å². The van der Waals surface area contributed by atoms with E-state index in [9.17, 15) is 9.59 Å². The first-order valence-electron chi connectivity index (χ1n) is 8.50. The number of ether oxygens (including phenoxy) is 2. The van der Waals surface area contributed by atoms with Crippen molar-refractivity contribution < 1.29 is 23.5 Å². The van der Waals surface area contributed by atoms with Gasteiger partial charge in [-0.1, -0.05) is 18.2 Å². The predicted octanol–water partition coefficient (Wildman–Crippen LogP) is 3.57. The summed E-state index contributed by atoms with van der Waals surface area (Å²) < 4.78 is 15.4. The first-order chi connectivity index (χ1) is 13.0. The topological polar surface area (TPSA) is 69.0 Å². The number of fused-ring (bicyclic) bond motifs is 1. The van der Waals surface area contributed by atoms with Crippen molar-refractivity contribution in [2.75, 3.05) is 20.8 Å². The summed E-state index contributed by atoms with van der Waals surface area (Å²) in [7, 11) is 3.31. The van der Waals surface area contributed by atoms with E-state index in [-0.39, 0.29) is 12.5 Å². The Hall–Kier alpha value is -3.28. The van der Waals surface area contributed by atoms with Crippen LogP contribution in [0, 0.1) is 6.92 Å². The van der Waals surface area contributed by atoms with E-state index >= 15 is 0 Å². The van der Waals surface area contributed by atoms with E-state index in [2.05, 4.69) is 0 Å². The summed E-state index contributed by atoms with van der Waals surface area (Å²) in [6.45, 7) is 1.77. The van der Waals surface area contributed by atoms with Gasteiger partial charge in [-0.2, -0.15) is 0 Å². The molecule has 0 saturated carbocycles. The van der Waals surface area contributed by atoms with E-state index in [0.717, 1.165) is 22.1 Å². The van der Waals surface area contributed by atoms with Gasteiger partial charge in [-0.3, -0.25) is 4.79 Å². The van der Waals surface area contributed by atoms with Crippen LogP contribution in [-0.2, 0) is 16.1 Å². The van der Waals surface area contributed by atoms with Crippen LogP contribution < -0.4 is 4.74 Å². The number of amides is 1. The van der Waals surface area contributed by atoms with Crippen molar-refractivity contribution in [3.05, 3.63) is 65.6 Å². The molecule has 1 amide bonds. The summed E-state index contributed by atoms with van der Waals surface area (Å²) in [4.78, 5) is 25.7. The average Bonchev–Trinajstić information content (AvgIpc) is 3.11. The number of methoxy groups -OCH3 is 1. The maximum absolute atomic E-state index is 12.3. The molecule has 1 heterocycles. The first-order valence-corrected chi connectivity index (χ1v) is 8.50. The molecule has 0 aliphatic rings. The van der Waals surface area contributed by atoms with Crippen molar-refractivity contribution >= 4 is 22.6 Å². The number of nitrogens with zero attached hydrogens (tertiary/aromatic N) is 1. The van der Waals surface area contributed by atoms with Crippen LogP contribution in [0.4, 0.5) is 0 Å². The second kappa shape index (κ2) is 7.95. The summed E-state index contributed by atoms with van der Waals surface area (Å²) in [5, 5.41) is 2.13. The Morgan fingerprint density at radius 2 is 1.81 bits per heavy atom. The first kappa shape index (κ1) is 18.5. The van der Waals surface area contributed by atoms with Gasteiger partial charge in [0.25, 0.3) is 5.91 Å². The van der Waals surface area contributed by atoms with Crippen molar-refractivity contribution in [2.45, 2.75) is 13.5 Å². The molecule has 6 nitrogen and oxygen atoms in total. The number of likely N-dealkylation sites (N-methyl/N-ethyl adjacent to an activating group) is 1. The monoisotopic (exact) mass is 367 g/mol. The van der Waals surface area contributed by atoms with E-state index in [1.165, 1.54) is 17.2 Å². The maximum Gasteiger partial charge on any atom is 0.342 e. The van der Waals surface area contributed by atoms with Crippen LogP contribution in [0.5, 0.6) is 5.75 Å². The van der Waals surface area contributed by atoms with Gasteiger partial charge in [-0.15, -0.1) is 0 Å². The minimum atomic E-state index is -0.567. The summed E-state index contributed by atoms with van der Waals surface area (Å²) in [5.41, 5.74) is 1.32. The molecule has 0 radical (unpaired) electrons. The van der Waals surface area contributed by atoms with Crippen molar-refractivity contribution in [3.63, 3.8) is 0 Å². The maximum atomic E-state index is 12.3. The van der Waals surface area contributed by atoms with Crippen molar-refractivity contribution in [3.8, 4) is 5.75 Å². The Balaban J connectivity index is 1.60. The highest BCUT2D eigenvalue weighted by molar-refractivity contribution is 5.92. The second-order valence-corrected chi connectivity index (χ2v) is 6.26. The molecule has 3 rings (SSSR count). The molecule has 0 aliphatic heterocycles. The van der Waals surface area contributed by atoms with Gasteiger partial charge in [-0.05, 0) is 47.5 Å². The molecule has 1 aromatic heterocycles. The summed E-state index contributed by atoms with van der Waals surface area (Å²) in [6, 6.07) is 13.4. The fraction of sp³-hybridized carbons (Fsp3) is 0.238. The quantitative estimate of drug-likeness (QED) is 0.623. The van der Waals surface area contributed by atoms with Crippen LogP contribution in [0.25, 0.3) is 10.8 Å². The molecule has 3 aromatic rings. The van der Waals surface area contributed by atoms with Crippen LogP contribution >= 0.6 is 0 Å². The van der Waals surface area contributed by atoms with E-state index < -0.39 is 5.97 Å². The molecule has 0 saturated heterocycles. The lowest BCUT2D eigenvalue weighted by molar-refractivity contribution is -0.133. The van der Waals surface area contributed by atoms with Crippen LogP contribution in [0.2, 0.25) is 0 Å². The highest BCUT2D eigenvalue weighted by Gasteiger charge is 2.16. The van der Waals surface area contributed by atoms with E-state index in [4.69, 9.17) is 13.9 Å². The number of rotatable bonds is 6. The van der Waals surface area contributed by atoms with E-state index in [0.29, 0.717) is 17.9 Å². The number of carbonyl (C=O) groups is 2. The van der Waals surface area contributed by atoms with Gasteiger partial charge < -0.3 is 18.8 Å². The molecule has 0 aliphatic carbocycles. The number of aryl methyl sites for hydroxylation is 1. The van der Waals surface area contributed by atoms with E-state index in [1.807, 2.05) is 36.4 Å². The zero-order valence-electron chi connectivity index (χ0n) is 15.5. The van der Waals surface area contributed by atoms with Gasteiger partial charge in [0.1, 0.15) is 17.1 Å². The van der Waals surface area contributed by atoms with E-state index in [1.54, 1.807) is 21.1 Å².